The van der Waals surface area contributed by atoms with Gasteiger partial charge in [-0.25, -0.2) is 8.42 Å². The molecule has 140 valence electrons. The summed E-state index contributed by atoms with van der Waals surface area (Å²) in [7, 11) is -3.68. The average Bonchev–Trinajstić information content (AvgIpc) is 2.55. The highest BCUT2D eigenvalue weighted by Crippen LogP contribution is 2.28. The quantitative estimate of drug-likeness (QED) is 0.690. The van der Waals surface area contributed by atoms with E-state index in [0.29, 0.717) is 16.4 Å². The Balaban J connectivity index is 2.32. The fourth-order valence-electron chi connectivity index (χ4n) is 2.51. The Bertz CT molecular complexity index is 888. The molecule has 1 amide bonds. The average molecular weight is 413 g/mol. The Hall–Kier alpha value is -1.70. The van der Waals surface area contributed by atoms with E-state index in [1.807, 2.05) is 25.1 Å². The number of amides is 1. The van der Waals surface area contributed by atoms with Crippen LogP contribution in [0.4, 0.5) is 11.4 Å². The standard InChI is InChI=1S/C18H21ClN2O3S2/c1-4-25-17-11-6-5-10-16(17)20-18(22)13(2)21(26(3,23)24)15-9-7-8-14(19)12-15/h5-13H,4H2,1-3H3,(H,20,22)/t13-/m0/s1. The van der Waals surface area contributed by atoms with Crippen molar-refractivity contribution in [2.75, 3.05) is 21.6 Å². The van der Waals surface area contributed by atoms with Gasteiger partial charge in [0.1, 0.15) is 6.04 Å². The fraction of sp³-hybridized carbons (Fsp3) is 0.278. The molecule has 0 radical (unpaired) electrons. The summed E-state index contributed by atoms with van der Waals surface area (Å²) in [4.78, 5) is 13.7. The first-order chi connectivity index (χ1) is 12.2. The number of rotatable bonds is 7. The van der Waals surface area contributed by atoms with Crippen molar-refractivity contribution >= 4 is 50.7 Å². The van der Waals surface area contributed by atoms with Gasteiger partial charge in [-0.15, -0.1) is 11.8 Å². The van der Waals surface area contributed by atoms with Crippen LogP contribution in [0.2, 0.25) is 5.02 Å². The van der Waals surface area contributed by atoms with Gasteiger partial charge in [0.15, 0.2) is 0 Å². The van der Waals surface area contributed by atoms with Crippen LogP contribution in [0.25, 0.3) is 0 Å². The maximum atomic E-state index is 12.8. The highest BCUT2D eigenvalue weighted by Gasteiger charge is 2.29. The van der Waals surface area contributed by atoms with E-state index in [2.05, 4.69) is 5.32 Å². The summed E-state index contributed by atoms with van der Waals surface area (Å²) in [5.74, 6) is 0.444. The Kier molecular flexibility index (Phi) is 6.97. The molecule has 0 aliphatic rings. The number of nitrogens with one attached hydrogen (secondary N) is 1. The number of hydrogen-bond donors (Lipinski definition) is 1. The van der Waals surface area contributed by atoms with Crippen LogP contribution in [-0.2, 0) is 14.8 Å². The first kappa shape index (κ1) is 20.6. The molecule has 2 rings (SSSR count). The molecule has 1 N–H and O–H groups in total. The lowest BCUT2D eigenvalue weighted by Crippen LogP contribution is -2.45. The lowest BCUT2D eigenvalue weighted by Gasteiger charge is -2.28. The first-order valence-corrected chi connectivity index (χ1v) is 11.2. The van der Waals surface area contributed by atoms with E-state index in [1.54, 1.807) is 43.0 Å². The van der Waals surface area contributed by atoms with E-state index >= 15 is 0 Å². The van der Waals surface area contributed by atoms with Crippen LogP contribution in [0, 0.1) is 0 Å². The number of nitrogens with zero attached hydrogens (tertiary/aromatic N) is 1. The zero-order chi connectivity index (χ0) is 19.3. The third kappa shape index (κ3) is 5.16. The Morgan fingerprint density at radius 2 is 1.92 bits per heavy atom. The van der Waals surface area contributed by atoms with E-state index in [-0.39, 0.29) is 0 Å². The Morgan fingerprint density at radius 1 is 1.23 bits per heavy atom. The van der Waals surface area contributed by atoms with Gasteiger partial charge in [-0.3, -0.25) is 9.10 Å². The Labute approximate surface area is 163 Å². The van der Waals surface area contributed by atoms with Gasteiger partial charge < -0.3 is 5.32 Å². The minimum atomic E-state index is -3.68. The number of halogens is 1. The van der Waals surface area contributed by atoms with Crippen LogP contribution in [0.15, 0.2) is 53.4 Å². The predicted molar refractivity (Wildman–Crippen MR) is 110 cm³/mol. The normalized spacial score (nSPS) is 12.5. The molecule has 0 bridgehead atoms. The number of carbonyl (C=O) groups is 1. The first-order valence-electron chi connectivity index (χ1n) is 8.01. The molecule has 0 saturated carbocycles. The van der Waals surface area contributed by atoms with Crippen molar-refractivity contribution in [1.82, 2.24) is 0 Å². The maximum Gasteiger partial charge on any atom is 0.248 e. The minimum absolute atomic E-state index is 0.346. The molecule has 0 heterocycles. The predicted octanol–water partition coefficient (Wildman–Crippen LogP) is 4.25. The van der Waals surface area contributed by atoms with Crippen LogP contribution in [-0.4, -0.2) is 32.4 Å². The second kappa shape index (κ2) is 8.79. The number of para-hydroxylation sites is 1. The number of anilines is 2. The minimum Gasteiger partial charge on any atom is -0.323 e. The highest BCUT2D eigenvalue weighted by atomic mass is 35.5. The molecule has 0 unspecified atom stereocenters. The topological polar surface area (TPSA) is 66.5 Å². The number of carbonyl (C=O) groups excluding carboxylic acids is 1. The summed E-state index contributed by atoms with van der Waals surface area (Å²) in [6, 6.07) is 12.9. The second-order valence-electron chi connectivity index (χ2n) is 5.63. The molecule has 0 spiro atoms. The van der Waals surface area contributed by atoms with Crippen LogP contribution in [0.5, 0.6) is 0 Å². The molecule has 0 fully saturated rings. The lowest BCUT2D eigenvalue weighted by atomic mass is 10.2. The number of hydrogen-bond acceptors (Lipinski definition) is 4. The van der Waals surface area contributed by atoms with Gasteiger partial charge in [-0.05, 0) is 43.0 Å². The van der Waals surface area contributed by atoms with E-state index in [9.17, 15) is 13.2 Å². The summed E-state index contributed by atoms with van der Waals surface area (Å²) < 4.78 is 25.7. The van der Waals surface area contributed by atoms with Crippen molar-refractivity contribution in [3.05, 3.63) is 53.6 Å². The van der Waals surface area contributed by atoms with Gasteiger partial charge in [0.05, 0.1) is 17.6 Å². The molecular weight excluding hydrogens is 392 g/mol. The van der Waals surface area contributed by atoms with Crippen molar-refractivity contribution in [1.29, 1.82) is 0 Å². The van der Waals surface area contributed by atoms with Gasteiger partial charge in [-0.1, -0.05) is 36.7 Å². The molecule has 26 heavy (non-hydrogen) atoms. The highest BCUT2D eigenvalue weighted by molar-refractivity contribution is 7.99. The van der Waals surface area contributed by atoms with E-state index < -0.39 is 22.0 Å². The van der Waals surface area contributed by atoms with Gasteiger partial charge in [-0.2, -0.15) is 0 Å². The van der Waals surface area contributed by atoms with Crippen LogP contribution >= 0.6 is 23.4 Å². The van der Waals surface area contributed by atoms with Crippen molar-refractivity contribution in [3.8, 4) is 0 Å². The van der Waals surface area contributed by atoms with E-state index in [4.69, 9.17) is 11.6 Å². The summed E-state index contributed by atoms with van der Waals surface area (Å²) in [5, 5.41) is 3.23. The summed E-state index contributed by atoms with van der Waals surface area (Å²) in [6.45, 7) is 3.57. The third-order valence-electron chi connectivity index (χ3n) is 3.60. The molecule has 2 aromatic carbocycles. The van der Waals surface area contributed by atoms with Crippen LogP contribution in [0.1, 0.15) is 13.8 Å². The maximum absolute atomic E-state index is 12.8. The van der Waals surface area contributed by atoms with Crippen LogP contribution < -0.4 is 9.62 Å². The van der Waals surface area contributed by atoms with Gasteiger partial charge in [0.2, 0.25) is 15.9 Å². The molecule has 0 aliphatic heterocycles. The van der Waals surface area contributed by atoms with E-state index in [1.165, 1.54) is 6.07 Å². The van der Waals surface area contributed by atoms with Crippen molar-refractivity contribution < 1.29 is 13.2 Å². The summed E-state index contributed by atoms with van der Waals surface area (Å²) in [6.07, 6.45) is 1.07. The lowest BCUT2D eigenvalue weighted by molar-refractivity contribution is -0.116. The van der Waals surface area contributed by atoms with Gasteiger partial charge >= 0.3 is 0 Å². The van der Waals surface area contributed by atoms with Crippen molar-refractivity contribution in [3.63, 3.8) is 0 Å². The molecule has 1 atom stereocenters. The smallest absolute Gasteiger partial charge is 0.248 e. The zero-order valence-electron chi connectivity index (χ0n) is 14.8. The monoisotopic (exact) mass is 412 g/mol. The molecule has 0 saturated heterocycles. The summed E-state index contributed by atoms with van der Waals surface area (Å²) in [5.41, 5.74) is 1.01. The fourth-order valence-corrected chi connectivity index (χ4v) is 4.62. The zero-order valence-corrected chi connectivity index (χ0v) is 17.2. The molecule has 8 heteroatoms. The van der Waals surface area contributed by atoms with Gasteiger partial charge in [0, 0.05) is 9.92 Å². The van der Waals surface area contributed by atoms with E-state index in [0.717, 1.165) is 21.2 Å². The number of benzene rings is 2. The largest absolute Gasteiger partial charge is 0.323 e. The Morgan fingerprint density at radius 3 is 2.54 bits per heavy atom. The number of sulfonamides is 1. The molecule has 2 aromatic rings. The SMILES string of the molecule is CCSc1ccccc1NC(=O)[C@H](C)N(c1cccc(Cl)c1)S(C)(=O)=O. The molecular formula is C18H21ClN2O3S2. The van der Waals surface area contributed by atoms with Gasteiger partial charge in [0.25, 0.3) is 0 Å². The molecule has 0 aliphatic carbocycles. The van der Waals surface area contributed by atoms with Crippen molar-refractivity contribution in [2.45, 2.75) is 24.8 Å². The third-order valence-corrected chi connectivity index (χ3v) is 6.03. The second-order valence-corrected chi connectivity index (χ2v) is 9.23. The van der Waals surface area contributed by atoms with Crippen molar-refractivity contribution in [2.24, 2.45) is 0 Å². The van der Waals surface area contributed by atoms with Crippen LogP contribution in [0.3, 0.4) is 0 Å². The molecule has 0 aromatic heterocycles. The molecule has 5 nitrogen and oxygen atoms in total. The summed E-state index contributed by atoms with van der Waals surface area (Å²) >= 11 is 7.59. The number of thioether (sulfide) groups is 1.